The van der Waals surface area contributed by atoms with Crippen molar-refractivity contribution in [2.75, 3.05) is 14.2 Å². The van der Waals surface area contributed by atoms with Crippen LogP contribution in [0.15, 0.2) is 33.0 Å². The predicted octanol–water partition coefficient (Wildman–Crippen LogP) is 7.92. The molecule has 6 nitrogen and oxygen atoms in total. The Hall–Kier alpha value is -2.34. The van der Waals surface area contributed by atoms with E-state index in [1.807, 2.05) is 13.8 Å². The SMILES string of the molecule is C=C1CC[C@H]2[C@](C)(CCC=C(C)C)[C@@H](OC(=O)[C@H](OC)[C@@H](C)CC)CC[C@]2(C)[C@@H]1Cc1c(OC)oc(C)c(C)c1=O. The highest BCUT2D eigenvalue weighted by atomic mass is 16.6. The average Bonchev–Trinajstić information content (AvgIpc) is 2.92. The molecule has 1 aromatic rings. The molecule has 0 saturated heterocycles. The molecule has 0 radical (unpaired) electrons. The number of aryl methyl sites for hydroxylation is 1. The van der Waals surface area contributed by atoms with Gasteiger partial charge >= 0.3 is 5.97 Å². The fraction of sp³-hybridized carbons (Fsp3) is 0.714. The molecule has 1 heterocycles. The molecular formula is C35H54O6. The van der Waals surface area contributed by atoms with E-state index in [1.165, 1.54) is 11.1 Å². The Morgan fingerprint density at radius 2 is 1.88 bits per heavy atom. The van der Waals surface area contributed by atoms with E-state index in [0.29, 0.717) is 29.3 Å². The van der Waals surface area contributed by atoms with E-state index in [1.54, 1.807) is 21.1 Å². The zero-order valence-corrected chi connectivity index (χ0v) is 27.3. The van der Waals surface area contributed by atoms with Crippen LogP contribution in [0.3, 0.4) is 0 Å². The quantitative estimate of drug-likeness (QED) is 0.199. The van der Waals surface area contributed by atoms with Crippen LogP contribution in [0.1, 0.15) is 103 Å². The van der Waals surface area contributed by atoms with Crippen molar-refractivity contribution in [1.29, 1.82) is 0 Å². The van der Waals surface area contributed by atoms with Crippen LogP contribution >= 0.6 is 0 Å². The molecule has 41 heavy (non-hydrogen) atoms. The fourth-order valence-corrected chi connectivity index (χ4v) is 7.83. The lowest BCUT2D eigenvalue weighted by Gasteiger charge is -2.61. The van der Waals surface area contributed by atoms with Gasteiger partial charge in [-0.25, -0.2) is 4.79 Å². The van der Waals surface area contributed by atoms with Gasteiger partial charge in [-0.05, 0) is 95.8 Å². The Labute approximate surface area is 247 Å². The molecule has 7 atom stereocenters. The predicted molar refractivity (Wildman–Crippen MR) is 164 cm³/mol. The van der Waals surface area contributed by atoms with Crippen LogP contribution in [0.25, 0.3) is 0 Å². The molecule has 2 aliphatic carbocycles. The second kappa shape index (κ2) is 13.3. The summed E-state index contributed by atoms with van der Waals surface area (Å²) < 4.78 is 23.5. The third kappa shape index (κ3) is 6.53. The summed E-state index contributed by atoms with van der Waals surface area (Å²) in [6.07, 6.45) is 8.28. The highest BCUT2D eigenvalue weighted by Gasteiger charge is 2.59. The number of carbonyl (C=O) groups excluding carboxylic acids is 1. The third-order valence-corrected chi connectivity index (χ3v) is 10.7. The molecule has 0 amide bonds. The average molecular weight is 571 g/mol. The number of hydrogen-bond donors (Lipinski definition) is 0. The van der Waals surface area contributed by atoms with Crippen molar-refractivity contribution in [3.05, 3.63) is 50.9 Å². The van der Waals surface area contributed by atoms with E-state index >= 15 is 0 Å². The molecule has 230 valence electrons. The van der Waals surface area contributed by atoms with Gasteiger partial charge in [0.2, 0.25) is 0 Å². The number of rotatable bonds is 11. The van der Waals surface area contributed by atoms with Crippen molar-refractivity contribution in [3.8, 4) is 5.95 Å². The van der Waals surface area contributed by atoms with Crippen LogP contribution in [-0.4, -0.2) is 32.4 Å². The maximum atomic E-state index is 13.4. The van der Waals surface area contributed by atoms with Gasteiger partial charge in [-0.15, -0.1) is 0 Å². The van der Waals surface area contributed by atoms with Gasteiger partial charge in [0, 0.05) is 18.1 Å². The molecule has 1 aromatic heterocycles. The van der Waals surface area contributed by atoms with Crippen molar-refractivity contribution < 1.29 is 23.4 Å². The van der Waals surface area contributed by atoms with Gasteiger partial charge in [-0.1, -0.05) is 57.9 Å². The number of allylic oxidation sites excluding steroid dienone is 3. The van der Waals surface area contributed by atoms with Gasteiger partial charge in [0.1, 0.15) is 11.9 Å². The molecule has 0 spiro atoms. The minimum Gasteiger partial charge on any atom is -0.468 e. The normalized spacial score (nSPS) is 29.3. The first-order chi connectivity index (χ1) is 19.2. The summed E-state index contributed by atoms with van der Waals surface area (Å²) in [5.41, 5.74) is 3.33. The van der Waals surface area contributed by atoms with Crippen LogP contribution in [0.5, 0.6) is 5.95 Å². The standard InChI is InChI=1S/C35H54O6/c1-12-22(4)31(38-10)32(37)41-29-17-19-34(8)27(20-26-30(36)24(6)25(7)40-33(26)39-11)23(5)15-16-28(34)35(29,9)18-13-14-21(2)3/h14,22,27-29,31H,5,12-13,15-20H2,1-4,6-11H3/t22-,27+,28+,29-,31+,34+,35-/m0/s1. The minimum absolute atomic E-state index is 0.00582. The maximum Gasteiger partial charge on any atom is 0.335 e. The summed E-state index contributed by atoms with van der Waals surface area (Å²) in [7, 11) is 3.16. The maximum absolute atomic E-state index is 13.4. The second-order valence-corrected chi connectivity index (χ2v) is 13.4. The number of carbonyl (C=O) groups is 1. The summed E-state index contributed by atoms with van der Waals surface area (Å²) in [5, 5.41) is 0. The highest BCUT2D eigenvalue weighted by molar-refractivity contribution is 5.75. The summed E-state index contributed by atoms with van der Waals surface area (Å²) in [6.45, 7) is 21.2. The zero-order chi connectivity index (χ0) is 30.7. The lowest BCUT2D eigenvalue weighted by atomic mass is 9.45. The molecule has 0 unspecified atom stereocenters. The van der Waals surface area contributed by atoms with E-state index in [2.05, 4.69) is 47.3 Å². The first kappa shape index (κ1) is 33.2. The molecule has 0 aliphatic heterocycles. The molecule has 0 N–H and O–H groups in total. The van der Waals surface area contributed by atoms with Crippen molar-refractivity contribution in [2.45, 2.75) is 119 Å². The van der Waals surface area contributed by atoms with Crippen LogP contribution < -0.4 is 10.2 Å². The first-order valence-corrected chi connectivity index (χ1v) is 15.5. The molecular weight excluding hydrogens is 516 g/mol. The number of hydrogen-bond acceptors (Lipinski definition) is 6. The summed E-state index contributed by atoms with van der Waals surface area (Å²) in [6, 6.07) is 0. The molecule has 2 fully saturated rings. The van der Waals surface area contributed by atoms with Crippen LogP contribution in [-0.2, 0) is 20.7 Å². The van der Waals surface area contributed by atoms with Gasteiger partial charge in [0.05, 0.1) is 12.7 Å². The van der Waals surface area contributed by atoms with Gasteiger partial charge in [-0.2, -0.15) is 0 Å². The van der Waals surface area contributed by atoms with Gasteiger partial charge in [-0.3, -0.25) is 4.79 Å². The number of ether oxygens (including phenoxy) is 3. The molecule has 3 rings (SSSR count). The second-order valence-electron chi connectivity index (χ2n) is 13.4. The Morgan fingerprint density at radius 3 is 2.46 bits per heavy atom. The topological polar surface area (TPSA) is 75.0 Å². The summed E-state index contributed by atoms with van der Waals surface area (Å²) in [5.74, 6) is 1.10. The number of methoxy groups -OCH3 is 2. The minimum atomic E-state index is -0.564. The smallest absolute Gasteiger partial charge is 0.335 e. The Bertz CT molecular complexity index is 1190. The van der Waals surface area contributed by atoms with Crippen LogP contribution in [0.2, 0.25) is 0 Å². The molecule has 0 aromatic carbocycles. The zero-order valence-electron chi connectivity index (χ0n) is 27.3. The monoisotopic (exact) mass is 570 g/mol. The van der Waals surface area contributed by atoms with Crippen LogP contribution in [0.4, 0.5) is 0 Å². The largest absolute Gasteiger partial charge is 0.468 e. The van der Waals surface area contributed by atoms with Crippen molar-refractivity contribution in [3.63, 3.8) is 0 Å². The van der Waals surface area contributed by atoms with E-state index < -0.39 is 6.10 Å². The highest BCUT2D eigenvalue weighted by Crippen LogP contribution is 2.63. The van der Waals surface area contributed by atoms with Gasteiger partial charge in [0.25, 0.3) is 5.95 Å². The van der Waals surface area contributed by atoms with Crippen molar-refractivity contribution in [1.82, 2.24) is 0 Å². The molecule has 2 aliphatic rings. The molecule has 2 saturated carbocycles. The van der Waals surface area contributed by atoms with E-state index in [0.717, 1.165) is 44.9 Å². The lowest BCUT2D eigenvalue weighted by Crippen LogP contribution is -2.57. The number of fused-ring (bicyclic) bond motifs is 1. The van der Waals surface area contributed by atoms with E-state index in [-0.39, 0.29) is 46.1 Å². The number of esters is 1. The molecule has 0 bridgehead atoms. The Morgan fingerprint density at radius 1 is 1.20 bits per heavy atom. The molecule has 6 heteroatoms. The third-order valence-electron chi connectivity index (χ3n) is 10.7. The lowest BCUT2D eigenvalue weighted by molar-refractivity contribution is -0.192. The van der Waals surface area contributed by atoms with Gasteiger partial charge in [0.15, 0.2) is 11.5 Å². The fourth-order valence-electron chi connectivity index (χ4n) is 7.83. The Kier molecular flexibility index (Phi) is 10.8. The van der Waals surface area contributed by atoms with E-state index in [9.17, 15) is 9.59 Å². The van der Waals surface area contributed by atoms with Gasteiger partial charge < -0.3 is 18.6 Å². The van der Waals surface area contributed by atoms with E-state index in [4.69, 9.17) is 18.6 Å². The van der Waals surface area contributed by atoms with Crippen molar-refractivity contribution in [2.24, 2.45) is 28.6 Å². The first-order valence-electron chi connectivity index (χ1n) is 15.5. The van der Waals surface area contributed by atoms with Crippen LogP contribution in [0, 0.1) is 42.4 Å². The summed E-state index contributed by atoms with van der Waals surface area (Å²) in [4.78, 5) is 26.9. The Balaban J connectivity index is 2.03. The van der Waals surface area contributed by atoms with Crippen molar-refractivity contribution >= 4 is 5.97 Å². The summed E-state index contributed by atoms with van der Waals surface area (Å²) >= 11 is 0.